The quantitative estimate of drug-likeness (QED) is 0.608. The number of hydrogen-bond donors (Lipinski definition) is 1. The zero-order chi connectivity index (χ0) is 8.20. The summed E-state index contributed by atoms with van der Waals surface area (Å²) >= 11 is 0. The van der Waals surface area contributed by atoms with Crippen molar-refractivity contribution < 1.29 is 13.2 Å². The molecule has 0 saturated carbocycles. The molecule has 0 amide bonds. The van der Waals surface area contributed by atoms with Crippen LogP contribution in [0.5, 0.6) is 0 Å². The molecule has 0 fully saturated rings. The molecule has 10 heavy (non-hydrogen) atoms. The van der Waals surface area contributed by atoms with Crippen LogP contribution in [0.1, 0.15) is 6.92 Å². The topological polar surface area (TPSA) is 12.0 Å². The standard InChI is InChI=1S/C6H10F3N/c1-3-10-4-5(2)6(7,8)9/h10H,2-4H2,1H3. The van der Waals surface area contributed by atoms with E-state index in [9.17, 15) is 13.2 Å². The molecule has 0 aromatic heterocycles. The fourth-order valence-electron chi connectivity index (χ4n) is 0.376. The lowest BCUT2D eigenvalue weighted by atomic mass is 10.3. The molecule has 0 aromatic carbocycles. The minimum atomic E-state index is -4.25. The number of hydrogen-bond acceptors (Lipinski definition) is 1. The van der Waals surface area contributed by atoms with E-state index < -0.39 is 11.7 Å². The normalized spacial score (nSPS) is 11.6. The van der Waals surface area contributed by atoms with Gasteiger partial charge in [0.15, 0.2) is 0 Å². The van der Waals surface area contributed by atoms with Gasteiger partial charge in [0.1, 0.15) is 0 Å². The molecule has 0 atom stereocenters. The third-order valence-electron chi connectivity index (χ3n) is 0.989. The minimum Gasteiger partial charge on any atom is -0.313 e. The molecule has 0 bridgehead atoms. The van der Waals surface area contributed by atoms with Crippen LogP contribution in [0.4, 0.5) is 13.2 Å². The molecule has 60 valence electrons. The first kappa shape index (κ1) is 9.49. The third-order valence-corrected chi connectivity index (χ3v) is 0.989. The molecule has 0 saturated heterocycles. The third kappa shape index (κ3) is 3.50. The highest BCUT2D eigenvalue weighted by atomic mass is 19.4. The van der Waals surface area contributed by atoms with Gasteiger partial charge in [-0.1, -0.05) is 13.5 Å². The maximum Gasteiger partial charge on any atom is 0.413 e. The second kappa shape index (κ2) is 3.61. The van der Waals surface area contributed by atoms with Crippen molar-refractivity contribution >= 4 is 0 Å². The van der Waals surface area contributed by atoms with E-state index in [1.807, 2.05) is 0 Å². The van der Waals surface area contributed by atoms with Crippen molar-refractivity contribution in [2.45, 2.75) is 13.1 Å². The van der Waals surface area contributed by atoms with Gasteiger partial charge in [0, 0.05) is 12.1 Å². The molecule has 0 aliphatic carbocycles. The summed E-state index contributed by atoms with van der Waals surface area (Å²) in [4.78, 5) is 0. The number of rotatable bonds is 3. The summed E-state index contributed by atoms with van der Waals surface area (Å²) < 4.78 is 34.9. The van der Waals surface area contributed by atoms with Crippen LogP contribution >= 0.6 is 0 Å². The molecule has 0 unspecified atom stereocenters. The van der Waals surface area contributed by atoms with Crippen LogP contribution in [-0.4, -0.2) is 19.3 Å². The highest BCUT2D eigenvalue weighted by Crippen LogP contribution is 2.22. The first-order chi connectivity index (χ1) is 4.48. The van der Waals surface area contributed by atoms with Crippen LogP contribution in [0.2, 0.25) is 0 Å². The molecular weight excluding hydrogens is 143 g/mol. The van der Waals surface area contributed by atoms with Gasteiger partial charge in [-0.15, -0.1) is 0 Å². The summed E-state index contributed by atoms with van der Waals surface area (Å²) in [7, 11) is 0. The summed E-state index contributed by atoms with van der Waals surface area (Å²) in [6.07, 6.45) is -4.25. The van der Waals surface area contributed by atoms with Crippen LogP contribution < -0.4 is 5.32 Å². The van der Waals surface area contributed by atoms with Crippen molar-refractivity contribution in [1.82, 2.24) is 5.32 Å². The van der Waals surface area contributed by atoms with E-state index in [2.05, 4.69) is 11.9 Å². The summed E-state index contributed by atoms with van der Waals surface area (Å²) in [6, 6.07) is 0. The molecule has 1 nitrogen and oxygen atoms in total. The number of alkyl halides is 3. The lowest BCUT2D eigenvalue weighted by molar-refractivity contribution is -0.0924. The summed E-state index contributed by atoms with van der Waals surface area (Å²) in [5, 5.41) is 2.54. The van der Waals surface area contributed by atoms with Gasteiger partial charge in [0.05, 0.1) is 0 Å². The van der Waals surface area contributed by atoms with Crippen molar-refractivity contribution in [2.75, 3.05) is 13.1 Å². The molecule has 0 radical (unpaired) electrons. The number of nitrogens with one attached hydrogen (secondary N) is 1. The maximum absolute atomic E-state index is 11.6. The Hall–Kier alpha value is -0.510. The van der Waals surface area contributed by atoms with E-state index in [1.54, 1.807) is 6.92 Å². The zero-order valence-electron chi connectivity index (χ0n) is 5.76. The molecule has 0 spiro atoms. The predicted octanol–water partition coefficient (Wildman–Crippen LogP) is 1.71. The Labute approximate surface area is 57.9 Å². The Morgan fingerprint density at radius 2 is 2.00 bits per heavy atom. The van der Waals surface area contributed by atoms with Crippen LogP contribution in [0.25, 0.3) is 0 Å². The number of likely N-dealkylation sites (N-methyl/N-ethyl adjacent to an activating group) is 1. The van der Waals surface area contributed by atoms with Gasteiger partial charge in [-0.3, -0.25) is 0 Å². The summed E-state index contributed by atoms with van der Waals surface area (Å²) in [5.74, 6) is 0. The van der Waals surface area contributed by atoms with E-state index >= 15 is 0 Å². The molecule has 0 rings (SSSR count). The van der Waals surface area contributed by atoms with E-state index in [0.29, 0.717) is 6.54 Å². The molecule has 0 heterocycles. The van der Waals surface area contributed by atoms with Gasteiger partial charge < -0.3 is 5.32 Å². The van der Waals surface area contributed by atoms with E-state index in [4.69, 9.17) is 0 Å². The molecular formula is C6H10F3N. The van der Waals surface area contributed by atoms with Crippen LogP contribution in [0.15, 0.2) is 12.2 Å². The monoisotopic (exact) mass is 153 g/mol. The Balaban J connectivity index is 3.64. The van der Waals surface area contributed by atoms with E-state index in [1.165, 1.54) is 0 Å². The molecule has 0 aromatic rings. The summed E-state index contributed by atoms with van der Waals surface area (Å²) in [6.45, 7) is 4.96. The van der Waals surface area contributed by atoms with Crippen molar-refractivity contribution in [2.24, 2.45) is 0 Å². The fourth-order valence-corrected chi connectivity index (χ4v) is 0.376. The highest BCUT2D eigenvalue weighted by Gasteiger charge is 2.30. The highest BCUT2D eigenvalue weighted by molar-refractivity contribution is 5.04. The van der Waals surface area contributed by atoms with Gasteiger partial charge in [-0.05, 0) is 6.54 Å². The second-order valence-electron chi connectivity index (χ2n) is 1.88. The molecule has 4 heteroatoms. The Bertz CT molecular complexity index is 117. The van der Waals surface area contributed by atoms with Gasteiger partial charge >= 0.3 is 6.18 Å². The molecule has 0 aliphatic rings. The SMILES string of the molecule is C=C(CNCC)C(F)(F)F. The van der Waals surface area contributed by atoms with E-state index in [-0.39, 0.29) is 6.54 Å². The minimum absolute atomic E-state index is 0.181. The van der Waals surface area contributed by atoms with Crippen molar-refractivity contribution in [3.63, 3.8) is 0 Å². The lowest BCUT2D eigenvalue weighted by Crippen LogP contribution is -2.24. The Kier molecular flexibility index (Phi) is 3.42. The smallest absolute Gasteiger partial charge is 0.313 e. The zero-order valence-corrected chi connectivity index (χ0v) is 5.76. The first-order valence-corrected chi connectivity index (χ1v) is 2.94. The van der Waals surface area contributed by atoms with Crippen LogP contribution in [0.3, 0.4) is 0 Å². The van der Waals surface area contributed by atoms with Crippen LogP contribution in [0, 0.1) is 0 Å². The molecule has 0 aliphatic heterocycles. The number of halogens is 3. The second-order valence-corrected chi connectivity index (χ2v) is 1.88. The van der Waals surface area contributed by atoms with Crippen molar-refractivity contribution in [3.8, 4) is 0 Å². The largest absolute Gasteiger partial charge is 0.413 e. The maximum atomic E-state index is 11.6. The lowest BCUT2D eigenvalue weighted by Gasteiger charge is -2.09. The predicted molar refractivity (Wildman–Crippen MR) is 33.7 cm³/mol. The van der Waals surface area contributed by atoms with Gasteiger partial charge in [-0.25, -0.2) is 0 Å². The average molecular weight is 153 g/mol. The van der Waals surface area contributed by atoms with Crippen molar-refractivity contribution in [3.05, 3.63) is 12.2 Å². The Morgan fingerprint density at radius 3 is 2.30 bits per heavy atom. The Morgan fingerprint density at radius 1 is 1.50 bits per heavy atom. The fraction of sp³-hybridized carbons (Fsp3) is 0.667. The van der Waals surface area contributed by atoms with Crippen LogP contribution in [-0.2, 0) is 0 Å². The van der Waals surface area contributed by atoms with Gasteiger partial charge in [0.25, 0.3) is 0 Å². The molecule has 1 N–H and O–H groups in total. The average Bonchev–Trinajstić information content (AvgIpc) is 1.80. The summed E-state index contributed by atoms with van der Waals surface area (Å²) in [5.41, 5.74) is -0.727. The van der Waals surface area contributed by atoms with E-state index in [0.717, 1.165) is 0 Å². The van der Waals surface area contributed by atoms with Gasteiger partial charge in [0.2, 0.25) is 0 Å². The van der Waals surface area contributed by atoms with Gasteiger partial charge in [-0.2, -0.15) is 13.2 Å². The first-order valence-electron chi connectivity index (χ1n) is 2.94. The van der Waals surface area contributed by atoms with Crippen molar-refractivity contribution in [1.29, 1.82) is 0 Å².